The number of anilines is 1. The van der Waals surface area contributed by atoms with Crippen LogP contribution in [0.5, 0.6) is 5.75 Å². The molecule has 4 heterocycles. The molecule has 0 unspecified atom stereocenters. The first-order valence-electron chi connectivity index (χ1n) is 10.5. The molecular formula is C22H25N5O4. The summed E-state index contributed by atoms with van der Waals surface area (Å²) in [6.07, 6.45) is 9.57. The van der Waals surface area contributed by atoms with E-state index >= 15 is 0 Å². The van der Waals surface area contributed by atoms with Gasteiger partial charge in [0, 0.05) is 18.7 Å². The van der Waals surface area contributed by atoms with Gasteiger partial charge < -0.3 is 15.1 Å². The molecule has 5 rings (SSSR count). The van der Waals surface area contributed by atoms with Gasteiger partial charge in [0.2, 0.25) is 5.91 Å². The Hall–Kier alpha value is -3.49. The number of carbonyl (C=O) groups is 2. The SMILES string of the molecule is O=C(O)Cc1nc2ccc(N3CCCC3=O)cn2n1.Oc1ccc(CCC2CC2)nc1. The molecule has 0 radical (unpaired) electrons. The second kappa shape index (κ2) is 9.11. The van der Waals surface area contributed by atoms with Gasteiger partial charge in [0.15, 0.2) is 11.5 Å². The third-order valence-electron chi connectivity index (χ3n) is 5.37. The Labute approximate surface area is 179 Å². The van der Waals surface area contributed by atoms with Gasteiger partial charge in [0.25, 0.3) is 0 Å². The van der Waals surface area contributed by atoms with Crippen molar-refractivity contribution in [3.8, 4) is 5.75 Å². The van der Waals surface area contributed by atoms with Gasteiger partial charge in [-0.05, 0) is 49.4 Å². The Morgan fingerprint density at radius 1 is 1.19 bits per heavy atom. The monoisotopic (exact) mass is 423 g/mol. The third kappa shape index (κ3) is 5.56. The molecule has 0 spiro atoms. The Morgan fingerprint density at radius 3 is 2.68 bits per heavy atom. The number of pyridine rings is 2. The average molecular weight is 423 g/mol. The fourth-order valence-electron chi connectivity index (χ4n) is 3.53. The number of aromatic nitrogens is 4. The Morgan fingerprint density at radius 2 is 2.03 bits per heavy atom. The van der Waals surface area contributed by atoms with E-state index in [1.165, 1.54) is 30.0 Å². The highest BCUT2D eigenvalue weighted by Crippen LogP contribution is 2.33. The van der Waals surface area contributed by atoms with Crippen LogP contribution in [0.3, 0.4) is 0 Å². The number of carboxylic acid groups (broad SMARTS) is 1. The van der Waals surface area contributed by atoms with Gasteiger partial charge in [-0.2, -0.15) is 5.10 Å². The molecule has 9 heteroatoms. The second-order valence-electron chi connectivity index (χ2n) is 7.93. The number of aromatic hydroxyl groups is 1. The van der Waals surface area contributed by atoms with E-state index in [-0.39, 0.29) is 23.9 Å². The zero-order chi connectivity index (χ0) is 21.8. The molecule has 1 amide bonds. The van der Waals surface area contributed by atoms with Gasteiger partial charge in [-0.15, -0.1) is 0 Å². The van der Waals surface area contributed by atoms with Gasteiger partial charge in [-0.3, -0.25) is 14.6 Å². The number of rotatable bonds is 6. The lowest BCUT2D eigenvalue weighted by atomic mass is 10.1. The van der Waals surface area contributed by atoms with Crippen molar-refractivity contribution in [3.05, 3.63) is 48.2 Å². The summed E-state index contributed by atoms with van der Waals surface area (Å²) in [6, 6.07) is 7.14. The summed E-state index contributed by atoms with van der Waals surface area (Å²) in [5.41, 5.74) is 2.44. The predicted octanol–water partition coefficient (Wildman–Crippen LogP) is 2.61. The molecule has 1 saturated carbocycles. The van der Waals surface area contributed by atoms with Gasteiger partial charge >= 0.3 is 5.97 Å². The quantitative estimate of drug-likeness (QED) is 0.625. The number of amides is 1. The average Bonchev–Trinajstić information content (AvgIpc) is 3.34. The van der Waals surface area contributed by atoms with Crippen LogP contribution in [0.25, 0.3) is 5.65 Å². The molecule has 1 saturated heterocycles. The number of carbonyl (C=O) groups excluding carboxylic acids is 1. The molecule has 2 N–H and O–H groups in total. The second-order valence-corrected chi connectivity index (χ2v) is 7.93. The summed E-state index contributed by atoms with van der Waals surface area (Å²) in [5.74, 6) is 0.610. The van der Waals surface area contributed by atoms with Crippen molar-refractivity contribution >= 4 is 23.2 Å². The molecule has 162 valence electrons. The largest absolute Gasteiger partial charge is 0.506 e. The maximum Gasteiger partial charge on any atom is 0.311 e. The van der Waals surface area contributed by atoms with Gasteiger partial charge in [-0.25, -0.2) is 9.50 Å². The summed E-state index contributed by atoms with van der Waals surface area (Å²) in [7, 11) is 0. The minimum Gasteiger partial charge on any atom is -0.506 e. The lowest BCUT2D eigenvalue weighted by Crippen LogP contribution is -2.23. The molecule has 1 aliphatic carbocycles. The molecule has 3 aromatic rings. The molecule has 3 aromatic heterocycles. The fourth-order valence-corrected chi connectivity index (χ4v) is 3.53. The molecule has 0 atom stereocenters. The van der Waals surface area contributed by atoms with E-state index < -0.39 is 5.97 Å². The van der Waals surface area contributed by atoms with E-state index in [0.717, 1.165) is 30.1 Å². The maximum atomic E-state index is 11.7. The number of nitrogens with zero attached hydrogens (tertiary/aromatic N) is 5. The van der Waals surface area contributed by atoms with Gasteiger partial charge in [0.05, 0.1) is 18.1 Å². The molecule has 31 heavy (non-hydrogen) atoms. The van der Waals surface area contributed by atoms with Gasteiger partial charge in [-0.1, -0.05) is 12.8 Å². The van der Waals surface area contributed by atoms with Crippen LogP contribution < -0.4 is 4.90 Å². The van der Waals surface area contributed by atoms with E-state index in [4.69, 9.17) is 10.2 Å². The number of aliphatic carboxylic acids is 1. The predicted molar refractivity (Wildman–Crippen MR) is 113 cm³/mol. The summed E-state index contributed by atoms with van der Waals surface area (Å²) in [6.45, 7) is 0.709. The van der Waals surface area contributed by atoms with Crippen molar-refractivity contribution < 1.29 is 19.8 Å². The minimum atomic E-state index is -0.967. The standard InChI is InChI=1S/C12H12N4O3.C10H13NO/c17-11-2-1-5-15(11)8-3-4-10-13-9(6-12(18)19)14-16(10)7-8;12-10-6-5-9(11-7-10)4-3-8-1-2-8/h3-4,7H,1-2,5-6H2,(H,18,19);5-8,12H,1-4H2. The summed E-state index contributed by atoms with van der Waals surface area (Å²) < 4.78 is 1.51. The minimum absolute atomic E-state index is 0.102. The summed E-state index contributed by atoms with van der Waals surface area (Å²) in [4.78, 5) is 32.2. The van der Waals surface area contributed by atoms with Crippen molar-refractivity contribution in [2.24, 2.45) is 5.92 Å². The molecular weight excluding hydrogens is 398 g/mol. The van der Waals surface area contributed by atoms with Crippen LogP contribution in [0.1, 0.15) is 43.6 Å². The maximum absolute atomic E-state index is 11.7. The van der Waals surface area contributed by atoms with E-state index in [0.29, 0.717) is 18.6 Å². The van der Waals surface area contributed by atoms with Gasteiger partial charge in [0.1, 0.15) is 12.2 Å². The van der Waals surface area contributed by atoms with Crippen LogP contribution in [0.4, 0.5) is 5.69 Å². The summed E-state index contributed by atoms with van der Waals surface area (Å²) in [5, 5.41) is 21.8. The van der Waals surface area contributed by atoms with E-state index in [1.54, 1.807) is 29.3 Å². The molecule has 1 aliphatic heterocycles. The van der Waals surface area contributed by atoms with Crippen molar-refractivity contribution in [3.63, 3.8) is 0 Å². The Bertz CT molecular complexity index is 1080. The van der Waals surface area contributed by atoms with Crippen LogP contribution in [-0.2, 0) is 22.4 Å². The smallest absolute Gasteiger partial charge is 0.311 e. The van der Waals surface area contributed by atoms with Crippen LogP contribution in [-0.4, -0.2) is 48.2 Å². The zero-order valence-electron chi connectivity index (χ0n) is 17.1. The van der Waals surface area contributed by atoms with Crippen molar-refractivity contribution in [1.82, 2.24) is 19.6 Å². The first kappa shape index (κ1) is 20.8. The van der Waals surface area contributed by atoms with Crippen molar-refractivity contribution in [2.75, 3.05) is 11.4 Å². The molecule has 0 aromatic carbocycles. The molecule has 9 nitrogen and oxygen atoms in total. The highest BCUT2D eigenvalue weighted by Gasteiger charge is 2.22. The Balaban J connectivity index is 0.000000166. The van der Waals surface area contributed by atoms with Crippen LogP contribution in [0.2, 0.25) is 0 Å². The van der Waals surface area contributed by atoms with Crippen molar-refractivity contribution in [2.45, 2.75) is 44.9 Å². The first-order valence-corrected chi connectivity index (χ1v) is 10.5. The first-order chi connectivity index (χ1) is 15.0. The van der Waals surface area contributed by atoms with Crippen molar-refractivity contribution in [1.29, 1.82) is 0 Å². The number of fused-ring (bicyclic) bond motifs is 1. The van der Waals surface area contributed by atoms with Crippen LogP contribution >= 0.6 is 0 Å². The lowest BCUT2D eigenvalue weighted by Gasteiger charge is -2.14. The number of hydrogen-bond acceptors (Lipinski definition) is 6. The number of hydrogen-bond donors (Lipinski definition) is 2. The highest BCUT2D eigenvalue weighted by atomic mass is 16.4. The molecule has 2 aliphatic rings. The number of aryl methyl sites for hydroxylation is 1. The van der Waals surface area contributed by atoms with E-state index in [2.05, 4.69) is 15.1 Å². The number of carboxylic acids is 1. The van der Waals surface area contributed by atoms with Crippen LogP contribution in [0, 0.1) is 5.92 Å². The highest BCUT2D eigenvalue weighted by molar-refractivity contribution is 5.95. The topological polar surface area (TPSA) is 121 Å². The summed E-state index contributed by atoms with van der Waals surface area (Å²) >= 11 is 0. The fraction of sp³-hybridized carbons (Fsp3) is 0.409. The molecule has 2 fully saturated rings. The van der Waals surface area contributed by atoms with E-state index in [1.807, 2.05) is 6.07 Å². The van der Waals surface area contributed by atoms with Crippen LogP contribution in [0.15, 0.2) is 36.7 Å². The van der Waals surface area contributed by atoms with E-state index in [9.17, 15) is 9.59 Å². The Kier molecular flexibility index (Phi) is 6.11. The third-order valence-corrected chi connectivity index (χ3v) is 5.37. The lowest BCUT2D eigenvalue weighted by molar-refractivity contribution is -0.136. The molecule has 0 bridgehead atoms. The zero-order valence-corrected chi connectivity index (χ0v) is 17.1. The normalized spacial score (nSPS) is 15.7.